The molecular weight excluding hydrogens is 183 g/mol. The van der Waals surface area contributed by atoms with Crippen molar-refractivity contribution < 1.29 is 14.6 Å². The molecule has 0 fully saturated rings. The van der Waals surface area contributed by atoms with Gasteiger partial charge in [0.2, 0.25) is 0 Å². The lowest BCUT2D eigenvalue weighted by Crippen LogP contribution is -2.24. The highest BCUT2D eigenvalue weighted by molar-refractivity contribution is 5.20. The van der Waals surface area contributed by atoms with Crippen LogP contribution in [0, 0.1) is 11.7 Å². The lowest BCUT2D eigenvalue weighted by atomic mass is 9.96. The highest BCUT2D eigenvalue weighted by atomic mass is 19.1. The Bertz CT molecular complexity index is 299. The SMILES string of the molecule is CC(C)C(O)C(O)c1ccccc1F. The third kappa shape index (κ3) is 2.30. The predicted molar refractivity (Wildman–Crippen MR) is 52.2 cm³/mol. The fraction of sp³-hybridized carbons (Fsp3) is 0.455. The summed E-state index contributed by atoms with van der Waals surface area (Å²) >= 11 is 0. The number of rotatable bonds is 3. The second-order valence-electron chi connectivity index (χ2n) is 3.70. The fourth-order valence-corrected chi connectivity index (χ4v) is 1.26. The minimum Gasteiger partial charge on any atom is -0.390 e. The van der Waals surface area contributed by atoms with Gasteiger partial charge in [-0.1, -0.05) is 32.0 Å². The molecule has 0 aliphatic rings. The van der Waals surface area contributed by atoms with Gasteiger partial charge in [-0.05, 0) is 12.0 Å². The van der Waals surface area contributed by atoms with Crippen molar-refractivity contribution >= 4 is 0 Å². The van der Waals surface area contributed by atoms with E-state index in [1.165, 1.54) is 12.1 Å². The van der Waals surface area contributed by atoms with Crippen LogP contribution in [0.2, 0.25) is 0 Å². The molecule has 2 N–H and O–H groups in total. The van der Waals surface area contributed by atoms with E-state index in [1.54, 1.807) is 26.0 Å². The summed E-state index contributed by atoms with van der Waals surface area (Å²) in [6, 6.07) is 5.93. The molecule has 78 valence electrons. The quantitative estimate of drug-likeness (QED) is 0.778. The van der Waals surface area contributed by atoms with Gasteiger partial charge in [0, 0.05) is 5.56 Å². The van der Waals surface area contributed by atoms with E-state index in [0.29, 0.717) is 0 Å². The molecule has 1 rings (SSSR count). The van der Waals surface area contributed by atoms with Gasteiger partial charge >= 0.3 is 0 Å². The molecule has 1 aromatic rings. The molecule has 1 aromatic carbocycles. The molecular formula is C11H15FO2. The molecule has 0 saturated carbocycles. The summed E-state index contributed by atoms with van der Waals surface area (Å²) in [6.45, 7) is 3.55. The van der Waals surface area contributed by atoms with Crippen LogP contribution in [0.1, 0.15) is 25.5 Å². The van der Waals surface area contributed by atoms with Gasteiger partial charge in [-0.15, -0.1) is 0 Å². The Labute approximate surface area is 83.0 Å². The van der Waals surface area contributed by atoms with Crippen molar-refractivity contribution in [1.82, 2.24) is 0 Å². The number of aliphatic hydroxyl groups is 2. The Morgan fingerprint density at radius 1 is 1.14 bits per heavy atom. The first-order valence-electron chi connectivity index (χ1n) is 4.64. The molecule has 2 atom stereocenters. The van der Waals surface area contributed by atoms with Gasteiger partial charge in [0.1, 0.15) is 11.9 Å². The van der Waals surface area contributed by atoms with Crippen LogP contribution in [-0.2, 0) is 0 Å². The van der Waals surface area contributed by atoms with Gasteiger partial charge in [-0.25, -0.2) is 4.39 Å². The van der Waals surface area contributed by atoms with Crippen LogP contribution in [0.15, 0.2) is 24.3 Å². The number of hydrogen-bond donors (Lipinski definition) is 2. The number of hydrogen-bond acceptors (Lipinski definition) is 2. The standard InChI is InChI=1S/C11H15FO2/c1-7(2)10(13)11(14)8-5-3-4-6-9(8)12/h3-7,10-11,13-14H,1-2H3. The molecule has 0 saturated heterocycles. The van der Waals surface area contributed by atoms with E-state index in [4.69, 9.17) is 0 Å². The van der Waals surface area contributed by atoms with Crippen LogP contribution < -0.4 is 0 Å². The maximum Gasteiger partial charge on any atom is 0.129 e. The van der Waals surface area contributed by atoms with Crippen molar-refractivity contribution in [1.29, 1.82) is 0 Å². The van der Waals surface area contributed by atoms with Gasteiger partial charge in [0.15, 0.2) is 0 Å². The number of halogens is 1. The first-order chi connectivity index (χ1) is 6.54. The summed E-state index contributed by atoms with van der Waals surface area (Å²) in [5.41, 5.74) is 0.147. The summed E-state index contributed by atoms with van der Waals surface area (Å²) < 4.78 is 13.2. The predicted octanol–water partition coefficient (Wildman–Crippen LogP) is 1.88. The second kappa shape index (κ2) is 4.53. The van der Waals surface area contributed by atoms with Crippen LogP contribution in [0.5, 0.6) is 0 Å². The monoisotopic (exact) mass is 198 g/mol. The summed E-state index contributed by atoms with van der Waals surface area (Å²) in [7, 11) is 0. The van der Waals surface area contributed by atoms with Gasteiger partial charge in [0.05, 0.1) is 6.10 Å². The van der Waals surface area contributed by atoms with Crippen molar-refractivity contribution in [2.24, 2.45) is 5.92 Å². The van der Waals surface area contributed by atoms with E-state index in [1.807, 2.05) is 0 Å². The topological polar surface area (TPSA) is 40.5 Å². The Morgan fingerprint density at radius 2 is 1.71 bits per heavy atom. The summed E-state index contributed by atoms with van der Waals surface area (Å²) in [4.78, 5) is 0. The number of benzene rings is 1. The summed E-state index contributed by atoms with van der Waals surface area (Å²) in [5, 5.41) is 19.2. The molecule has 3 heteroatoms. The summed E-state index contributed by atoms with van der Waals surface area (Å²) in [5.74, 6) is -0.593. The van der Waals surface area contributed by atoms with Crippen molar-refractivity contribution in [3.63, 3.8) is 0 Å². The van der Waals surface area contributed by atoms with Gasteiger partial charge < -0.3 is 10.2 Å². The zero-order chi connectivity index (χ0) is 10.7. The van der Waals surface area contributed by atoms with Gasteiger partial charge in [-0.2, -0.15) is 0 Å². The Morgan fingerprint density at radius 3 is 2.21 bits per heavy atom. The normalized spacial score (nSPS) is 15.6. The van der Waals surface area contributed by atoms with Crippen LogP contribution >= 0.6 is 0 Å². The van der Waals surface area contributed by atoms with E-state index in [2.05, 4.69) is 0 Å². The van der Waals surface area contributed by atoms with E-state index in [0.717, 1.165) is 0 Å². The Hall–Kier alpha value is -0.930. The number of aliphatic hydroxyl groups excluding tert-OH is 2. The molecule has 0 aliphatic heterocycles. The Balaban J connectivity index is 2.89. The van der Waals surface area contributed by atoms with E-state index in [-0.39, 0.29) is 11.5 Å². The van der Waals surface area contributed by atoms with E-state index >= 15 is 0 Å². The molecule has 0 aliphatic carbocycles. The maximum absolute atomic E-state index is 13.2. The molecule has 0 aromatic heterocycles. The Kier molecular flexibility index (Phi) is 3.61. The molecule has 14 heavy (non-hydrogen) atoms. The minimum atomic E-state index is -1.16. The smallest absolute Gasteiger partial charge is 0.129 e. The van der Waals surface area contributed by atoms with Crippen molar-refractivity contribution in [3.05, 3.63) is 35.6 Å². The highest BCUT2D eigenvalue weighted by Crippen LogP contribution is 2.23. The maximum atomic E-state index is 13.2. The van der Waals surface area contributed by atoms with E-state index < -0.39 is 18.0 Å². The van der Waals surface area contributed by atoms with Gasteiger partial charge in [-0.3, -0.25) is 0 Å². The molecule has 0 heterocycles. The molecule has 0 radical (unpaired) electrons. The average Bonchev–Trinajstić information content (AvgIpc) is 2.16. The van der Waals surface area contributed by atoms with Crippen molar-refractivity contribution in [2.45, 2.75) is 26.1 Å². The van der Waals surface area contributed by atoms with Crippen molar-refractivity contribution in [3.8, 4) is 0 Å². The van der Waals surface area contributed by atoms with Gasteiger partial charge in [0.25, 0.3) is 0 Å². The first-order valence-corrected chi connectivity index (χ1v) is 4.64. The third-order valence-electron chi connectivity index (χ3n) is 2.23. The molecule has 2 nitrogen and oxygen atoms in total. The molecule has 0 bridgehead atoms. The largest absolute Gasteiger partial charge is 0.390 e. The molecule has 2 unspecified atom stereocenters. The highest BCUT2D eigenvalue weighted by Gasteiger charge is 2.23. The minimum absolute atomic E-state index is 0.107. The lowest BCUT2D eigenvalue weighted by Gasteiger charge is -2.21. The van der Waals surface area contributed by atoms with Crippen LogP contribution in [0.3, 0.4) is 0 Å². The zero-order valence-electron chi connectivity index (χ0n) is 8.31. The van der Waals surface area contributed by atoms with Crippen LogP contribution in [0.4, 0.5) is 4.39 Å². The van der Waals surface area contributed by atoms with E-state index in [9.17, 15) is 14.6 Å². The fourth-order valence-electron chi connectivity index (χ4n) is 1.26. The van der Waals surface area contributed by atoms with Crippen molar-refractivity contribution in [2.75, 3.05) is 0 Å². The molecule has 0 amide bonds. The first kappa shape index (κ1) is 11.1. The lowest BCUT2D eigenvalue weighted by molar-refractivity contribution is -0.0112. The van der Waals surface area contributed by atoms with Crippen LogP contribution in [-0.4, -0.2) is 16.3 Å². The third-order valence-corrected chi connectivity index (χ3v) is 2.23. The second-order valence-corrected chi connectivity index (χ2v) is 3.70. The zero-order valence-corrected chi connectivity index (χ0v) is 8.31. The summed E-state index contributed by atoms with van der Waals surface area (Å²) in [6.07, 6.45) is -2.09. The molecule has 0 spiro atoms. The van der Waals surface area contributed by atoms with Crippen LogP contribution in [0.25, 0.3) is 0 Å². The average molecular weight is 198 g/mol.